The molecule has 2 aromatic carbocycles. The van der Waals surface area contributed by atoms with Crippen molar-refractivity contribution in [1.82, 2.24) is 15.1 Å². The molecular formula is C20H22N4. The Labute approximate surface area is 143 Å². The van der Waals surface area contributed by atoms with Crippen LogP contribution in [0.1, 0.15) is 0 Å². The molecule has 0 unspecified atom stereocenters. The molecule has 4 nitrogen and oxygen atoms in total. The highest BCUT2D eigenvalue weighted by Gasteiger charge is 2.10. The van der Waals surface area contributed by atoms with Gasteiger partial charge in [0.25, 0.3) is 0 Å². The summed E-state index contributed by atoms with van der Waals surface area (Å²) < 4.78 is 0. The predicted octanol–water partition coefficient (Wildman–Crippen LogP) is 3.78. The van der Waals surface area contributed by atoms with Crippen LogP contribution in [0.25, 0.3) is 22.4 Å². The second-order valence-electron chi connectivity index (χ2n) is 5.95. The van der Waals surface area contributed by atoms with Gasteiger partial charge in [-0.05, 0) is 25.7 Å². The number of benzene rings is 2. The van der Waals surface area contributed by atoms with Gasteiger partial charge in [-0.15, -0.1) is 10.2 Å². The fourth-order valence-electron chi connectivity index (χ4n) is 2.51. The highest BCUT2D eigenvalue weighted by atomic mass is 15.2. The summed E-state index contributed by atoms with van der Waals surface area (Å²) in [5.74, 6) is 0.822. The van der Waals surface area contributed by atoms with E-state index >= 15 is 0 Å². The molecule has 0 aliphatic carbocycles. The monoisotopic (exact) mass is 318 g/mol. The Balaban J connectivity index is 1.96. The molecule has 3 aromatic rings. The van der Waals surface area contributed by atoms with Gasteiger partial charge in [0, 0.05) is 24.2 Å². The fraction of sp³-hybridized carbons (Fsp3) is 0.200. The van der Waals surface area contributed by atoms with Crippen molar-refractivity contribution < 1.29 is 0 Å². The second-order valence-corrected chi connectivity index (χ2v) is 5.95. The minimum absolute atomic E-state index is 0.822. The molecule has 1 aromatic heterocycles. The van der Waals surface area contributed by atoms with E-state index in [0.717, 1.165) is 41.3 Å². The zero-order valence-electron chi connectivity index (χ0n) is 14.1. The third kappa shape index (κ3) is 3.97. The van der Waals surface area contributed by atoms with Crippen molar-refractivity contribution in [3.8, 4) is 22.4 Å². The number of likely N-dealkylation sites (N-methyl/N-ethyl adjacent to an activating group) is 1. The molecule has 0 atom stereocenters. The summed E-state index contributed by atoms with van der Waals surface area (Å²) in [6.07, 6.45) is 0. The standard InChI is InChI=1S/C20H22N4/c1-24(2)14-13-21-20-18(16-9-5-3-6-10-16)15-19(22-23-20)17-11-7-4-8-12-17/h3-12,15H,13-14H2,1-2H3,(H,21,23). The van der Waals surface area contributed by atoms with Crippen LogP contribution in [0.15, 0.2) is 66.7 Å². The average Bonchev–Trinajstić information content (AvgIpc) is 2.63. The van der Waals surface area contributed by atoms with Crippen LogP contribution < -0.4 is 5.32 Å². The van der Waals surface area contributed by atoms with Crippen LogP contribution in [-0.4, -0.2) is 42.3 Å². The van der Waals surface area contributed by atoms with Crippen molar-refractivity contribution in [2.24, 2.45) is 0 Å². The Morgan fingerprint density at radius 2 is 1.46 bits per heavy atom. The van der Waals surface area contributed by atoms with E-state index in [-0.39, 0.29) is 0 Å². The zero-order valence-corrected chi connectivity index (χ0v) is 14.1. The number of nitrogens with zero attached hydrogens (tertiary/aromatic N) is 3. The SMILES string of the molecule is CN(C)CCNc1nnc(-c2ccccc2)cc1-c1ccccc1. The maximum atomic E-state index is 4.45. The van der Waals surface area contributed by atoms with Gasteiger partial charge in [-0.2, -0.15) is 0 Å². The van der Waals surface area contributed by atoms with Gasteiger partial charge in [-0.3, -0.25) is 0 Å². The molecular weight excluding hydrogens is 296 g/mol. The quantitative estimate of drug-likeness (QED) is 0.751. The van der Waals surface area contributed by atoms with Crippen LogP contribution in [0.5, 0.6) is 0 Å². The molecule has 1 N–H and O–H groups in total. The van der Waals surface area contributed by atoms with Gasteiger partial charge in [0.05, 0.1) is 5.69 Å². The lowest BCUT2D eigenvalue weighted by atomic mass is 10.0. The summed E-state index contributed by atoms with van der Waals surface area (Å²) >= 11 is 0. The second kappa shape index (κ2) is 7.70. The number of nitrogens with one attached hydrogen (secondary N) is 1. The number of hydrogen-bond donors (Lipinski definition) is 1. The Kier molecular flexibility index (Phi) is 5.18. The van der Waals surface area contributed by atoms with E-state index in [9.17, 15) is 0 Å². The highest BCUT2D eigenvalue weighted by molar-refractivity contribution is 5.78. The minimum Gasteiger partial charge on any atom is -0.367 e. The van der Waals surface area contributed by atoms with E-state index in [4.69, 9.17) is 0 Å². The molecule has 3 rings (SSSR count). The lowest BCUT2D eigenvalue weighted by molar-refractivity contribution is 0.425. The zero-order chi connectivity index (χ0) is 16.8. The molecule has 0 amide bonds. The molecule has 0 bridgehead atoms. The molecule has 4 heteroatoms. The maximum Gasteiger partial charge on any atom is 0.156 e. The lowest BCUT2D eigenvalue weighted by Crippen LogP contribution is -2.21. The molecule has 0 saturated heterocycles. The molecule has 0 radical (unpaired) electrons. The molecule has 0 aliphatic heterocycles. The van der Waals surface area contributed by atoms with E-state index in [0.29, 0.717) is 0 Å². The van der Waals surface area contributed by atoms with Gasteiger partial charge in [0.2, 0.25) is 0 Å². The topological polar surface area (TPSA) is 41.0 Å². The smallest absolute Gasteiger partial charge is 0.156 e. The summed E-state index contributed by atoms with van der Waals surface area (Å²) in [5, 5.41) is 12.3. The van der Waals surface area contributed by atoms with Gasteiger partial charge < -0.3 is 10.2 Å². The minimum atomic E-state index is 0.822. The van der Waals surface area contributed by atoms with E-state index in [2.05, 4.69) is 64.8 Å². The van der Waals surface area contributed by atoms with Crippen molar-refractivity contribution in [2.75, 3.05) is 32.5 Å². The molecule has 1 heterocycles. The van der Waals surface area contributed by atoms with E-state index in [1.165, 1.54) is 0 Å². The van der Waals surface area contributed by atoms with Crippen molar-refractivity contribution in [3.63, 3.8) is 0 Å². The average molecular weight is 318 g/mol. The lowest BCUT2D eigenvalue weighted by Gasteiger charge is -2.14. The molecule has 24 heavy (non-hydrogen) atoms. The summed E-state index contributed by atoms with van der Waals surface area (Å²) in [6, 6.07) is 22.6. The number of hydrogen-bond acceptors (Lipinski definition) is 4. The van der Waals surface area contributed by atoms with Crippen LogP contribution in [-0.2, 0) is 0 Å². The maximum absolute atomic E-state index is 4.45. The number of aromatic nitrogens is 2. The molecule has 0 spiro atoms. The Bertz CT molecular complexity index is 770. The first-order valence-corrected chi connectivity index (χ1v) is 8.11. The summed E-state index contributed by atoms with van der Waals surface area (Å²) in [7, 11) is 4.12. The normalized spacial score (nSPS) is 10.8. The summed E-state index contributed by atoms with van der Waals surface area (Å²) in [6.45, 7) is 1.77. The Morgan fingerprint density at radius 3 is 2.08 bits per heavy atom. The molecule has 0 aliphatic rings. The first-order chi connectivity index (χ1) is 11.7. The molecule has 122 valence electrons. The van der Waals surface area contributed by atoms with Crippen LogP contribution >= 0.6 is 0 Å². The third-order valence-corrected chi connectivity index (χ3v) is 3.80. The van der Waals surface area contributed by atoms with Crippen LogP contribution in [0.2, 0.25) is 0 Å². The Morgan fingerprint density at radius 1 is 0.833 bits per heavy atom. The van der Waals surface area contributed by atoms with Crippen molar-refractivity contribution in [2.45, 2.75) is 0 Å². The summed E-state index contributed by atoms with van der Waals surface area (Å²) in [4.78, 5) is 2.14. The first kappa shape index (κ1) is 16.1. The van der Waals surface area contributed by atoms with Gasteiger partial charge in [0.15, 0.2) is 5.82 Å². The molecule has 0 saturated carbocycles. The van der Waals surface area contributed by atoms with Gasteiger partial charge >= 0.3 is 0 Å². The van der Waals surface area contributed by atoms with E-state index < -0.39 is 0 Å². The van der Waals surface area contributed by atoms with Crippen LogP contribution in [0.3, 0.4) is 0 Å². The van der Waals surface area contributed by atoms with Gasteiger partial charge in [0.1, 0.15) is 0 Å². The van der Waals surface area contributed by atoms with Crippen molar-refractivity contribution >= 4 is 5.82 Å². The van der Waals surface area contributed by atoms with Crippen LogP contribution in [0.4, 0.5) is 5.82 Å². The molecule has 0 fully saturated rings. The van der Waals surface area contributed by atoms with E-state index in [1.807, 2.05) is 36.4 Å². The predicted molar refractivity (Wildman–Crippen MR) is 99.9 cm³/mol. The van der Waals surface area contributed by atoms with Gasteiger partial charge in [-0.1, -0.05) is 60.7 Å². The first-order valence-electron chi connectivity index (χ1n) is 8.11. The third-order valence-electron chi connectivity index (χ3n) is 3.80. The van der Waals surface area contributed by atoms with Crippen molar-refractivity contribution in [1.29, 1.82) is 0 Å². The highest BCUT2D eigenvalue weighted by Crippen LogP contribution is 2.29. The van der Waals surface area contributed by atoms with E-state index in [1.54, 1.807) is 0 Å². The number of anilines is 1. The largest absolute Gasteiger partial charge is 0.367 e. The Hall–Kier alpha value is -2.72. The van der Waals surface area contributed by atoms with Gasteiger partial charge in [-0.25, -0.2) is 0 Å². The van der Waals surface area contributed by atoms with Crippen LogP contribution in [0, 0.1) is 0 Å². The summed E-state index contributed by atoms with van der Waals surface area (Å²) in [5.41, 5.74) is 4.16. The fourth-order valence-corrected chi connectivity index (χ4v) is 2.51. The van der Waals surface area contributed by atoms with Crippen molar-refractivity contribution in [3.05, 3.63) is 66.7 Å². The number of rotatable bonds is 6.